The summed E-state index contributed by atoms with van der Waals surface area (Å²) in [6, 6.07) is 1.99. The second-order valence-corrected chi connectivity index (χ2v) is 4.23. The van der Waals surface area contributed by atoms with Crippen LogP contribution in [0.1, 0.15) is 0 Å². The van der Waals surface area contributed by atoms with Crippen molar-refractivity contribution < 1.29 is 4.39 Å². The SMILES string of the molecule is FC1CN(c2ncnc3sccc23)C1. The van der Waals surface area contributed by atoms with Crippen molar-refractivity contribution in [1.82, 2.24) is 9.97 Å². The summed E-state index contributed by atoms with van der Waals surface area (Å²) in [6.45, 7) is 0.921. The normalized spacial score (nSPS) is 17.4. The number of thiophene rings is 1. The van der Waals surface area contributed by atoms with Gasteiger partial charge >= 0.3 is 0 Å². The predicted molar refractivity (Wildman–Crippen MR) is 54.5 cm³/mol. The lowest BCUT2D eigenvalue weighted by atomic mass is 10.2. The first-order chi connectivity index (χ1) is 6.84. The molecule has 5 heteroatoms. The maximum absolute atomic E-state index is 12.7. The van der Waals surface area contributed by atoms with Crippen molar-refractivity contribution >= 4 is 27.4 Å². The summed E-state index contributed by atoms with van der Waals surface area (Å²) in [4.78, 5) is 11.3. The summed E-state index contributed by atoms with van der Waals surface area (Å²) in [5.41, 5.74) is 0. The van der Waals surface area contributed by atoms with Gasteiger partial charge in [-0.15, -0.1) is 11.3 Å². The summed E-state index contributed by atoms with van der Waals surface area (Å²) >= 11 is 1.58. The van der Waals surface area contributed by atoms with Crippen LogP contribution in [0.2, 0.25) is 0 Å². The molecule has 0 aromatic carbocycles. The summed E-state index contributed by atoms with van der Waals surface area (Å²) in [5.74, 6) is 0.866. The van der Waals surface area contributed by atoms with Crippen LogP contribution in [0.5, 0.6) is 0 Å². The van der Waals surface area contributed by atoms with Gasteiger partial charge in [-0.05, 0) is 11.4 Å². The first-order valence-corrected chi connectivity index (χ1v) is 5.30. The average Bonchev–Trinajstić information content (AvgIpc) is 2.60. The Morgan fingerprint density at radius 3 is 3.07 bits per heavy atom. The molecule has 0 radical (unpaired) electrons. The third-order valence-corrected chi connectivity index (χ3v) is 3.20. The van der Waals surface area contributed by atoms with E-state index in [-0.39, 0.29) is 0 Å². The number of hydrogen-bond acceptors (Lipinski definition) is 4. The number of alkyl halides is 1. The Kier molecular flexibility index (Phi) is 1.67. The van der Waals surface area contributed by atoms with Crippen LogP contribution in [0.4, 0.5) is 10.2 Å². The number of aromatic nitrogens is 2. The highest BCUT2D eigenvalue weighted by molar-refractivity contribution is 7.16. The minimum absolute atomic E-state index is 0.460. The molecule has 3 nitrogen and oxygen atoms in total. The van der Waals surface area contributed by atoms with E-state index < -0.39 is 6.17 Å². The summed E-state index contributed by atoms with van der Waals surface area (Å²) < 4.78 is 12.7. The van der Waals surface area contributed by atoms with Gasteiger partial charge in [0.2, 0.25) is 0 Å². The first-order valence-electron chi connectivity index (χ1n) is 4.42. The molecule has 72 valence electrons. The van der Waals surface area contributed by atoms with Crippen LogP contribution in [0.15, 0.2) is 17.8 Å². The Bertz CT molecular complexity index is 464. The number of nitrogens with zero attached hydrogens (tertiary/aromatic N) is 3. The van der Waals surface area contributed by atoms with Crippen molar-refractivity contribution in [3.05, 3.63) is 17.8 Å². The second-order valence-electron chi connectivity index (χ2n) is 3.34. The van der Waals surface area contributed by atoms with Crippen LogP contribution in [-0.2, 0) is 0 Å². The minimum Gasteiger partial charge on any atom is -0.350 e. The lowest BCUT2D eigenvalue weighted by Gasteiger charge is -2.35. The molecule has 0 atom stereocenters. The van der Waals surface area contributed by atoms with Crippen molar-refractivity contribution in [3.63, 3.8) is 0 Å². The van der Waals surface area contributed by atoms with Gasteiger partial charge in [0.25, 0.3) is 0 Å². The summed E-state index contributed by atoms with van der Waals surface area (Å²) in [6.07, 6.45) is 0.846. The van der Waals surface area contributed by atoms with E-state index in [1.54, 1.807) is 17.7 Å². The van der Waals surface area contributed by atoms with Gasteiger partial charge in [0.15, 0.2) is 0 Å². The molecule has 1 aliphatic heterocycles. The third-order valence-electron chi connectivity index (χ3n) is 2.38. The fourth-order valence-corrected chi connectivity index (χ4v) is 2.35. The number of fused-ring (bicyclic) bond motifs is 1. The Labute approximate surface area is 84.2 Å². The smallest absolute Gasteiger partial charge is 0.140 e. The molecule has 2 aromatic heterocycles. The maximum Gasteiger partial charge on any atom is 0.140 e. The van der Waals surface area contributed by atoms with E-state index in [4.69, 9.17) is 0 Å². The summed E-state index contributed by atoms with van der Waals surface area (Å²) in [5, 5.41) is 3.01. The van der Waals surface area contributed by atoms with Crippen molar-refractivity contribution in [1.29, 1.82) is 0 Å². The molecule has 1 saturated heterocycles. The van der Waals surface area contributed by atoms with E-state index in [0.717, 1.165) is 16.0 Å². The molecule has 0 unspecified atom stereocenters. The predicted octanol–water partition coefficient (Wildman–Crippen LogP) is 1.85. The van der Waals surface area contributed by atoms with Gasteiger partial charge in [0, 0.05) is 0 Å². The van der Waals surface area contributed by atoms with E-state index in [2.05, 4.69) is 9.97 Å². The molecule has 0 saturated carbocycles. The van der Waals surface area contributed by atoms with Gasteiger partial charge in [-0.1, -0.05) is 0 Å². The molecular formula is C9H8FN3S. The molecule has 14 heavy (non-hydrogen) atoms. The number of halogens is 1. The molecule has 3 heterocycles. The van der Waals surface area contributed by atoms with Gasteiger partial charge < -0.3 is 4.90 Å². The fourth-order valence-electron chi connectivity index (χ4n) is 1.63. The zero-order valence-corrected chi connectivity index (χ0v) is 8.17. The zero-order chi connectivity index (χ0) is 9.54. The largest absolute Gasteiger partial charge is 0.350 e. The van der Waals surface area contributed by atoms with Gasteiger partial charge in [-0.25, -0.2) is 14.4 Å². The van der Waals surface area contributed by atoms with E-state index in [9.17, 15) is 4.39 Å². The monoisotopic (exact) mass is 209 g/mol. The molecule has 1 aliphatic rings. The van der Waals surface area contributed by atoms with E-state index >= 15 is 0 Å². The Hall–Kier alpha value is -1.23. The van der Waals surface area contributed by atoms with Crippen LogP contribution >= 0.6 is 11.3 Å². The molecule has 0 aliphatic carbocycles. The molecule has 2 aromatic rings. The number of hydrogen-bond donors (Lipinski definition) is 0. The van der Waals surface area contributed by atoms with Gasteiger partial charge in [0.05, 0.1) is 18.5 Å². The molecule has 1 fully saturated rings. The summed E-state index contributed by atoms with van der Waals surface area (Å²) in [7, 11) is 0. The molecule has 0 bridgehead atoms. The van der Waals surface area contributed by atoms with Crippen LogP contribution in [-0.4, -0.2) is 29.2 Å². The highest BCUT2D eigenvalue weighted by atomic mass is 32.1. The molecule has 0 amide bonds. The van der Waals surface area contributed by atoms with E-state index in [1.165, 1.54) is 0 Å². The zero-order valence-electron chi connectivity index (χ0n) is 7.35. The van der Waals surface area contributed by atoms with Crippen LogP contribution in [0, 0.1) is 0 Å². The average molecular weight is 209 g/mol. The van der Waals surface area contributed by atoms with Crippen molar-refractivity contribution in [2.24, 2.45) is 0 Å². The standard InChI is InChI=1S/C9H8FN3S/c10-6-3-13(4-6)8-7-1-2-14-9(7)12-5-11-8/h1-2,5-6H,3-4H2. The topological polar surface area (TPSA) is 29.0 Å². The number of anilines is 1. The van der Waals surface area contributed by atoms with Gasteiger partial charge in [0.1, 0.15) is 23.1 Å². The molecule has 3 rings (SSSR count). The minimum atomic E-state index is -0.696. The van der Waals surface area contributed by atoms with Gasteiger partial charge in [-0.3, -0.25) is 0 Å². The number of rotatable bonds is 1. The third kappa shape index (κ3) is 1.09. The lowest BCUT2D eigenvalue weighted by Crippen LogP contribution is -2.48. The Morgan fingerprint density at radius 1 is 1.43 bits per heavy atom. The first kappa shape index (κ1) is 8.11. The van der Waals surface area contributed by atoms with Crippen LogP contribution < -0.4 is 4.90 Å². The van der Waals surface area contributed by atoms with E-state index in [1.807, 2.05) is 16.3 Å². The maximum atomic E-state index is 12.7. The lowest BCUT2D eigenvalue weighted by molar-refractivity contribution is 0.274. The highest BCUT2D eigenvalue weighted by Gasteiger charge is 2.28. The van der Waals surface area contributed by atoms with Crippen molar-refractivity contribution in [3.8, 4) is 0 Å². The molecule has 0 N–H and O–H groups in total. The van der Waals surface area contributed by atoms with Gasteiger partial charge in [-0.2, -0.15) is 0 Å². The quantitative estimate of drug-likeness (QED) is 0.717. The molecule has 0 spiro atoms. The van der Waals surface area contributed by atoms with E-state index in [0.29, 0.717) is 13.1 Å². The Morgan fingerprint density at radius 2 is 2.29 bits per heavy atom. The van der Waals surface area contributed by atoms with Crippen molar-refractivity contribution in [2.45, 2.75) is 6.17 Å². The van der Waals surface area contributed by atoms with Crippen LogP contribution in [0.25, 0.3) is 10.2 Å². The van der Waals surface area contributed by atoms with Crippen LogP contribution in [0.3, 0.4) is 0 Å². The molecular weight excluding hydrogens is 201 g/mol. The van der Waals surface area contributed by atoms with Crippen molar-refractivity contribution in [2.75, 3.05) is 18.0 Å². The second kappa shape index (κ2) is 2.88. The Balaban J connectivity index is 2.07. The highest BCUT2D eigenvalue weighted by Crippen LogP contribution is 2.29. The fraction of sp³-hybridized carbons (Fsp3) is 0.333.